The fourth-order valence-electron chi connectivity index (χ4n) is 4.49. The summed E-state index contributed by atoms with van der Waals surface area (Å²) in [6.07, 6.45) is 3.78. The van der Waals surface area contributed by atoms with Gasteiger partial charge in [-0.2, -0.15) is 0 Å². The minimum atomic E-state index is 0.819. The van der Waals surface area contributed by atoms with Gasteiger partial charge in [-0.05, 0) is 51.9 Å². The van der Waals surface area contributed by atoms with Crippen molar-refractivity contribution in [3.63, 3.8) is 0 Å². The summed E-state index contributed by atoms with van der Waals surface area (Å²) >= 11 is 0. The third kappa shape index (κ3) is 3.52. The summed E-state index contributed by atoms with van der Waals surface area (Å²) < 4.78 is 6.46. The summed E-state index contributed by atoms with van der Waals surface area (Å²) in [5, 5.41) is 4.36. The van der Waals surface area contributed by atoms with E-state index in [1.165, 1.54) is 16.7 Å². The topological polar surface area (TPSA) is 22.1 Å². The molecule has 5 aromatic carbocycles. The van der Waals surface area contributed by atoms with E-state index in [-0.39, 0.29) is 0 Å². The molecule has 0 fully saturated rings. The number of fused-ring (bicyclic) bond motifs is 2. The number of aromatic nitrogens is 1. The van der Waals surface area contributed by atoms with Gasteiger partial charge in [-0.25, -0.2) is 0 Å². The molecule has 1 aromatic heterocycles. The zero-order chi connectivity index (χ0) is 22.0. The lowest BCUT2D eigenvalue weighted by atomic mass is 9.90. The molecule has 0 aliphatic rings. The fraction of sp³-hybridized carbons (Fsp3) is 0. The Morgan fingerprint density at radius 2 is 1.12 bits per heavy atom. The number of nitrogens with zero attached hydrogens (tertiary/aromatic N) is 1. The lowest BCUT2D eigenvalue weighted by molar-refractivity contribution is 0.494. The molecular formula is C31H21NO. The lowest BCUT2D eigenvalue weighted by Crippen LogP contribution is -1.93. The monoisotopic (exact) mass is 423 g/mol. The largest absolute Gasteiger partial charge is 0.456 e. The first-order chi connectivity index (χ1) is 16.4. The predicted molar refractivity (Wildman–Crippen MR) is 137 cm³/mol. The molecule has 0 bridgehead atoms. The number of benzene rings is 5. The minimum Gasteiger partial charge on any atom is -0.456 e. The highest BCUT2D eigenvalue weighted by Gasteiger charge is 2.17. The third-order valence-corrected chi connectivity index (χ3v) is 6.00. The van der Waals surface area contributed by atoms with Crippen LogP contribution in [0.2, 0.25) is 0 Å². The molecule has 0 spiro atoms. The van der Waals surface area contributed by atoms with Crippen molar-refractivity contribution >= 4 is 21.5 Å². The summed E-state index contributed by atoms with van der Waals surface area (Å²) in [4.78, 5) is 4.48. The van der Waals surface area contributed by atoms with Crippen molar-refractivity contribution in [2.45, 2.75) is 0 Å². The first kappa shape index (κ1) is 19.3. The molecule has 0 N–H and O–H groups in total. The summed E-state index contributed by atoms with van der Waals surface area (Å²) in [7, 11) is 0. The molecule has 33 heavy (non-hydrogen) atoms. The van der Waals surface area contributed by atoms with Crippen molar-refractivity contribution in [3.05, 3.63) is 128 Å². The summed E-state index contributed by atoms with van der Waals surface area (Å²) in [5.74, 6) is 1.68. The molecule has 0 radical (unpaired) electrons. The average molecular weight is 424 g/mol. The van der Waals surface area contributed by atoms with E-state index in [4.69, 9.17) is 4.74 Å². The van der Waals surface area contributed by atoms with Gasteiger partial charge in [0.05, 0.1) is 0 Å². The molecule has 0 saturated carbocycles. The van der Waals surface area contributed by atoms with Crippen molar-refractivity contribution in [2.75, 3.05) is 0 Å². The summed E-state index contributed by atoms with van der Waals surface area (Å²) in [6, 6.07) is 39.7. The van der Waals surface area contributed by atoms with Crippen LogP contribution in [-0.2, 0) is 0 Å². The lowest BCUT2D eigenvalue weighted by Gasteiger charge is -2.17. The van der Waals surface area contributed by atoms with E-state index in [2.05, 4.69) is 77.8 Å². The van der Waals surface area contributed by atoms with Crippen LogP contribution in [0.5, 0.6) is 11.5 Å². The minimum absolute atomic E-state index is 0.819. The van der Waals surface area contributed by atoms with Crippen LogP contribution in [0.3, 0.4) is 0 Å². The molecule has 6 rings (SSSR count). The van der Waals surface area contributed by atoms with Gasteiger partial charge in [0.2, 0.25) is 0 Å². The number of hydrogen-bond acceptors (Lipinski definition) is 2. The van der Waals surface area contributed by atoms with Gasteiger partial charge in [0, 0.05) is 28.6 Å². The Morgan fingerprint density at radius 1 is 0.485 bits per heavy atom. The van der Waals surface area contributed by atoms with Gasteiger partial charge in [0.25, 0.3) is 0 Å². The zero-order valence-electron chi connectivity index (χ0n) is 18.0. The van der Waals surface area contributed by atoms with Gasteiger partial charge in [-0.15, -0.1) is 0 Å². The highest BCUT2D eigenvalue weighted by molar-refractivity contribution is 6.17. The Bertz CT molecular complexity index is 1520. The van der Waals surface area contributed by atoms with Crippen LogP contribution >= 0.6 is 0 Å². The zero-order valence-corrected chi connectivity index (χ0v) is 18.0. The number of para-hydroxylation sites is 1. The first-order valence-corrected chi connectivity index (χ1v) is 11.1. The number of ether oxygens (including phenoxy) is 1. The molecule has 1 heterocycles. The molecule has 0 amide bonds. The Morgan fingerprint density at radius 3 is 1.94 bits per heavy atom. The van der Waals surface area contributed by atoms with Gasteiger partial charge in [-0.1, -0.05) is 91.0 Å². The van der Waals surface area contributed by atoms with Crippen LogP contribution in [0.4, 0.5) is 0 Å². The fourth-order valence-corrected chi connectivity index (χ4v) is 4.49. The van der Waals surface area contributed by atoms with Crippen molar-refractivity contribution in [1.82, 2.24) is 4.98 Å². The molecule has 2 heteroatoms. The summed E-state index contributed by atoms with van der Waals surface area (Å²) in [5.41, 5.74) is 4.73. The molecule has 156 valence electrons. The second kappa shape index (κ2) is 8.25. The van der Waals surface area contributed by atoms with E-state index in [1.807, 2.05) is 54.9 Å². The molecular weight excluding hydrogens is 402 g/mol. The quantitative estimate of drug-likeness (QED) is 0.265. The first-order valence-electron chi connectivity index (χ1n) is 11.1. The summed E-state index contributed by atoms with van der Waals surface area (Å²) in [6.45, 7) is 0. The Labute approximate surface area is 192 Å². The van der Waals surface area contributed by atoms with Gasteiger partial charge in [0.1, 0.15) is 11.5 Å². The van der Waals surface area contributed by atoms with E-state index >= 15 is 0 Å². The van der Waals surface area contributed by atoms with E-state index in [0.717, 1.165) is 38.6 Å². The maximum Gasteiger partial charge on any atom is 0.143 e. The van der Waals surface area contributed by atoms with Gasteiger partial charge in [-0.3, -0.25) is 4.98 Å². The Balaban J connectivity index is 1.64. The van der Waals surface area contributed by atoms with E-state index in [1.54, 1.807) is 0 Å². The van der Waals surface area contributed by atoms with E-state index in [0.29, 0.717) is 0 Å². The SMILES string of the molecule is c1ccc(Oc2c3ccccc3c(-c3cccc(-c4ccccc4)c3)c3cnccc23)cc1. The van der Waals surface area contributed by atoms with Crippen molar-refractivity contribution in [1.29, 1.82) is 0 Å². The normalized spacial score (nSPS) is 11.0. The maximum absolute atomic E-state index is 6.46. The van der Waals surface area contributed by atoms with Gasteiger partial charge < -0.3 is 4.74 Å². The van der Waals surface area contributed by atoms with E-state index in [9.17, 15) is 0 Å². The van der Waals surface area contributed by atoms with Crippen LogP contribution in [0.15, 0.2) is 128 Å². The third-order valence-electron chi connectivity index (χ3n) is 6.00. The number of rotatable bonds is 4. The smallest absolute Gasteiger partial charge is 0.143 e. The molecule has 0 aliphatic heterocycles. The standard InChI is InChI=1S/C31H21NO/c1-3-10-22(11-4-1)23-12-9-13-24(20-23)30-26-16-7-8-17-27(26)31(28-18-19-32-21-29(28)30)33-25-14-5-2-6-15-25/h1-21H. The van der Waals surface area contributed by atoms with Crippen molar-refractivity contribution in [3.8, 4) is 33.8 Å². The second-order valence-electron chi connectivity index (χ2n) is 8.03. The number of pyridine rings is 1. The molecule has 0 unspecified atom stereocenters. The predicted octanol–water partition coefficient (Wildman–Crippen LogP) is 8.51. The molecule has 0 aliphatic carbocycles. The molecule has 6 aromatic rings. The van der Waals surface area contributed by atoms with Crippen LogP contribution in [-0.4, -0.2) is 4.98 Å². The molecule has 0 saturated heterocycles. The highest BCUT2D eigenvalue weighted by Crippen LogP contribution is 2.44. The average Bonchev–Trinajstić information content (AvgIpc) is 2.90. The second-order valence-corrected chi connectivity index (χ2v) is 8.03. The molecule has 0 atom stereocenters. The highest BCUT2D eigenvalue weighted by atomic mass is 16.5. The van der Waals surface area contributed by atoms with Crippen LogP contribution in [0, 0.1) is 0 Å². The van der Waals surface area contributed by atoms with Crippen molar-refractivity contribution in [2.24, 2.45) is 0 Å². The van der Waals surface area contributed by atoms with Crippen molar-refractivity contribution < 1.29 is 4.74 Å². The van der Waals surface area contributed by atoms with Gasteiger partial charge in [0.15, 0.2) is 0 Å². The molecule has 2 nitrogen and oxygen atoms in total. The van der Waals surface area contributed by atoms with E-state index < -0.39 is 0 Å². The van der Waals surface area contributed by atoms with Crippen LogP contribution < -0.4 is 4.74 Å². The Hall–Kier alpha value is -4.43. The van der Waals surface area contributed by atoms with Crippen LogP contribution in [0.25, 0.3) is 43.8 Å². The number of hydrogen-bond donors (Lipinski definition) is 0. The van der Waals surface area contributed by atoms with Gasteiger partial charge >= 0.3 is 0 Å². The Kier molecular flexibility index (Phi) is 4.82. The van der Waals surface area contributed by atoms with Crippen LogP contribution in [0.1, 0.15) is 0 Å². The maximum atomic E-state index is 6.46.